The zero-order valence-electron chi connectivity index (χ0n) is 11.3. The largest absolute Gasteiger partial charge is 0.442 e. The molecular weight excluding hydrogens is 271 g/mol. The third kappa shape index (κ3) is 4.51. The molecule has 0 heterocycles. The van der Waals surface area contributed by atoms with E-state index in [1.807, 2.05) is 0 Å². The maximum atomic E-state index is 13.6. The first-order chi connectivity index (χ1) is 8.51. The molecule has 5 nitrogen and oxygen atoms in total. The molecule has 0 aromatic heterocycles. The molecule has 0 saturated heterocycles. The van der Waals surface area contributed by atoms with Gasteiger partial charge in [-0.25, -0.2) is 13.4 Å². The van der Waals surface area contributed by atoms with Crippen LogP contribution in [0.2, 0.25) is 0 Å². The number of amides is 1. The SMILES string of the molecule is CC(C)(C)OC(=O)N=[S@@](C)(=O)c1cc(N)ccc1F. The van der Waals surface area contributed by atoms with E-state index in [1.165, 1.54) is 12.1 Å². The molecule has 1 atom stereocenters. The van der Waals surface area contributed by atoms with Crippen molar-refractivity contribution in [3.63, 3.8) is 0 Å². The fraction of sp³-hybridized carbons (Fsp3) is 0.417. The molecule has 1 aromatic rings. The maximum Gasteiger partial charge on any atom is 0.442 e. The van der Waals surface area contributed by atoms with Gasteiger partial charge in [0.05, 0.1) is 14.6 Å². The molecule has 0 aliphatic heterocycles. The summed E-state index contributed by atoms with van der Waals surface area (Å²) >= 11 is 0. The Labute approximate surface area is 112 Å². The van der Waals surface area contributed by atoms with Crippen LogP contribution in [0.25, 0.3) is 0 Å². The highest BCUT2D eigenvalue weighted by Crippen LogP contribution is 2.20. The molecule has 1 aromatic carbocycles. The van der Waals surface area contributed by atoms with Crippen LogP contribution in [0.15, 0.2) is 27.5 Å². The summed E-state index contributed by atoms with van der Waals surface area (Å²) in [5.74, 6) is -0.728. The number of rotatable bonds is 1. The Kier molecular flexibility index (Phi) is 4.19. The van der Waals surface area contributed by atoms with E-state index in [0.29, 0.717) is 0 Å². The summed E-state index contributed by atoms with van der Waals surface area (Å²) in [6.45, 7) is 4.96. The van der Waals surface area contributed by atoms with Crippen LogP contribution in [0.5, 0.6) is 0 Å². The molecule has 106 valence electrons. The Morgan fingerprint density at radius 1 is 1.42 bits per heavy atom. The summed E-state index contributed by atoms with van der Waals surface area (Å²) in [6.07, 6.45) is 0.163. The van der Waals surface area contributed by atoms with Gasteiger partial charge in [0.1, 0.15) is 11.4 Å². The van der Waals surface area contributed by atoms with Crippen molar-refractivity contribution in [1.29, 1.82) is 0 Å². The van der Waals surface area contributed by atoms with Crippen LogP contribution >= 0.6 is 0 Å². The lowest BCUT2D eigenvalue weighted by Crippen LogP contribution is -2.22. The van der Waals surface area contributed by atoms with Gasteiger partial charge in [-0.15, -0.1) is 4.36 Å². The number of nitrogens with two attached hydrogens (primary N) is 1. The van der Waals surface area contributed by atoms with Gasteiger partial charge in [-0.05, 0) is 39.0 Å². The number of ether oxygens (including phenoxy) is 1. The lowest BCUT2D eigenvalue weighted by Gasteiger charge is -2.17. The van der Waals surface area contributed by atoms with Crippen molar-refractivity contribution in [2.24, 2.45) is 4.36 Å². The Morgan fingerprint density at radius 2 is 2.00 bits per heavy atom. The van der Waals surface area contributed by atoms with E-state index in [2.05, 4.69) is 4.36 Å². The van der Waals surface area contributed by atoms with Gasteiger partial charge in [-0.1, -0.05) is 0 Å². The topological polar surface area (TPSA) is 81.8 Å². The third-order valence-electron chi connectivity index (χ3n) is 2.01. The first-order valence-corrected chi connectivity index (χ1v) is 7.44. The van der Waals surface area contributed by atoms with Crippen LogP contribution in [-0.4, -0.2) is 22.2 Å². The number of hydrogen-bond donors (Lipinski definition) is 1. The van der Waals surface area contributed by atoms with Crippen molar-refractivity contribution in [2.45, 2.75) is 31.3 Å². The summed E-state index contributed by atoms with van der Waals surface area (Å²) in [7, 11) is -3.24. The van der Waals surface area contributed by atoms with Crippen molar-refractivity contribution >= 4 is 21.5 Å². The zero-order chi connectivity index (χ0) is 14.8. The molecule has 0 aliphatic rings. The summed E-state index contributed by atoms with van der Waals surface area (Å²) in [6, 6.07) is 3.62. The Balaban J connectivity index is 3.20. The highest BCUT2D eigenvalue weighted by atomic mass is 32.2. The Bertz CT molecular complexity index is 614. The second-order valence-electron chi connectivity index (χ2n) is 5.06. The molecular formula is C12H17FN2O3S. The molecule has 0 fully saturated rings. The van der Waals surface area contributed by atoms with E-state index in [1.54, 1.807) is 20.8 Å². The van der Waals surface area contributed by atoms with E-state index < -0.39 is 27.2 Å². The highest BCUT2D eigenvalue weighted by Gasteiger charge is 2.19. The van der Waals surface area contributed by atoms with Crippen molar-refractivity contribution in [2.75, 3.05) is 12.0 Å². The van der Waals surface area contributed by atoms with Crippen LogP contribution < -0.4 is 5.73 Å². The van der Waals surface area contributed by atoms with Crippen molar-refractivity contribution in [3.05, 3.63) is 24.0 Å². The summed E-state index contributed by atoms with van der Waals surface area (Å²) in [5.41, 5.74) is 4.99. The summed E-state index contributed by atoms with van der Waals surface area (Å²) in [5, 5.41) is 0. The first kappa shape index (κ1) is 15.4. The van der Waals surface area contributed by atoms with Crippen LogP contribution in [-0.2, 0) is 14.5 Å². The number of nitrogens with zero attached hydrogens (tertiary/aromatic N) is 1. The van der Waals surface area contributed by atoms with Crippen LogP contribution in [0.4, 0.5) is 14.9 Å². The molecule has 0 saturated carbocycles. The lowest BCUT2D eigenvalue weighted by molar-refractivity contribution is 0.0607. The van der Waals surface area contributed by atoms with Gasteiger partial charge in [0.25, 0.3) is 0 Å². The van der Waals surface area contributed by atoms with Gasteiger partial charge in [-0.2, -0.15) is 0 Å². The van der Waals surface area contributed by atoms with Crippen LogP contribution in [0.1, 0.15) is 20.8 Å². The van der Waals surface area contributed by atoms with Gasteiger partial charge >= 0.3 is 6.09 Å². The highest BCUT2D eigenvalue weighted by molar-refractivity contribution is 7.93. The fourth-order valence-corrected chi connectivity index (χ4v) is 2.49. The van der Waals surface area contributed by atoms with E-state index >= 15 is 0 Å². The second-order valence-corrected chi connectivity index (χ2v) is 7.29. The van der Waals surface area contributed by atoms with E-state index in [-0.39, 0.29) is 10.6 Å². The standard InChI is InChI=1S/C12H17FN2O3S/c1-12(2,3)18-11(16)15-19(4,17)10-7-8(14)5-6-9(10)13/h5-7H,14H2,1-4H3/t19-/m0/s1. The van der Waals surface area contributed by atoms with E-state index in [0.717, 1.165) is 12.3 Å². The number of benzene rings is 1. The molecule has 0 unspecified atom stereocenters. The summed E-state index contributed by atoms with van der Waals surface area (Å²) < 4.78 is 34.3. The minimum absolute atomic E-state index is 0.210. The van der Waals surface area contributed by atoms with Gasteiger partial charge in [0, 0.05) is 11.9 Å². The molecule has 1 amide bonds. The van der Waals surface area contributed by atoms with Gasteiger partial charge in [0.15, 0.2) is 0 Å². The minimum atomic E-state index is -3.24. The monoisotopic (exact) mass is 288 g/mol. The van der Waals surface area contributed by atoms with Crippen LogP contribution in [0, 0.1) is 5.82 Å². The Morgan fingerprint density at radius 3 is 2.53 bits per heavy atom. The molecule has 1 rings (SSSR count). The third-order valence-corrected chi connectivity index (χ3v) is 3.63. The minimum Gasteiger partial charge on any atom is -0.442 e. The fourth-order valence-electron chi connectivity index (χ4n) is 1.28. The molecule has 0 radical (unpaired) electrons. The van der Waals surface area contributed by atoms with Gasteiger partial charge in [-0.3, -0.25) is 0 Å². The predicted octanol–water partition coefficient (Wildman–Crippen LogP) is 2.80. The molecule has 0 bridgehead atoms. The number of nitrogen functional groups attached to an aromatic ring is 1. The van der Waals surface area contributed by atoms with Crippen molar-refractivity contribution < 1.29 is 18.1 Å². The first-order valence-electron chi connectivity index (χ1n) is 5.51. The van der Waals surface area contributed by atoms with Crippen molar-refractivity contribution in [3.8, 4) is 0 Å². The number of hydrogen-bond acceptors (Lipinski definition) is 4. The lowest BCUT2D eigenvalue weighted by atomic mass is 10.2. The quantitative estimate of drug-likeness (QED) is 0.806. The van der Waals surface area contributed by atoms with E-state index in [4.69, 9.17) is 10.5 Å². The zero-order valence-corrected chi connectivity index (χ0v) is 12.1. The normalized spacial score (nSPS) is 14.6. The van der Waals surface area contributed by atoms with Crippen molar-refractivity contribution in [1.82, 2.24) is 0 Å². The van der Waals surface area contributed by atoms with Gasteiger partial charge < -0.3 is 10.5 Å². The van der Waals surface area contributed by atoms with E-state index in [9.17, 15) is 13.4 Å². The molecule has 2 N–H and O–H groups in total. The molecule has 0 spiro atoms. The number of carbonyl (C=O) groups is 1. The number of halogens is 1. The smallest absolute Gasteiger partial charge is 0.442 e. The Hall–Kier alpha value is -1.63. The molecule has 0 aliphatic carbocycles. The average molecular weight is 288 g/mol. The molecule has 7 heteroatoms. The predicted molar refractivity (Wildman–Crippen MR) is 71.8 cm³/mol. The number of carbonyl (C=O) groups excluding carboxylic acids is 1. The van der Waals surface area contributed by atoms with Crippen LogP contribution in [0.3, 0.4) is 0 Å². The molecule has 19 heavy (non-hydrogen) atoms. The maximum absolute atomic E-state index is 13.6. The van der Waals surface area contributed by atoms with Gasteiger partial charge in [0.2, 0.25) is 0 Å². The summed E-state index contributed by atoms with van der Waals surface area (Å²) in [4.78, 5) is 11.3. The average Bonchev–Trinajstić information content (AvgIpc) is 2.17. The number of anilines is 1. The second kappa shape index (κ2) is 5.16.